The normalized spacial score (nSPS) is 14.6. The average molecular weight is 447 g/mol. The number of halogens is 2. The Labute approximate surface area is 187 Å². The first-order chi connectivity index (χ1) is 14.4. The molecule has 0 bridgehead atoms. The van der Waals surface area contributed by atoms with E-state index in [2.05, 4.69) is 4.98 Å². The Kier molecular flexibility index (Phi) is 6.84. The van der Waals surface area contributed by atoms with Crippen molar-refractivity contribution in [3.05, 3.63) is 58.5 Å². The summed E-state index contributed by atoms with van der Waals surface area (Å²) in [5.41, 5.74) is 1.76. The first-order valence-electron chi connectivity index (χ1n) is 10.5. The van der Waals surface area contributed by atoms with Crippen LogP contribution in [0.25, 0.3) is 16.7 Å². The van der Waals surface area contributed by atoms with Crippen LogP contribution in [0, 0.1) is 5.82 Å². The Morgan fingerprint density at radius 2 is 1.87 bits per heavy atom. The third-order valence-electron chi connectivity index (χ3n) is 6.14. The minimum absolute atomic E-state index is 0. The first kappa shape index (κ1) is 23.0. The molecule has 3 aromatic rings. The highest BCUT2D eigenvalue weighted by Crippen LogP contribution is 2.31. The third-order valence-corrected chi connectivity index (χ3v) is 6.14. The molecule has 8 heteroatoms. The number of imidazole rings is 1. The van der Waals surface area contributed by atoms with Gasteiger partial charge in [0.05, 0.1) is 28.5 Å². The van der Waals surface area contributed by atoms with E-state index in [4.69, 9.17) is 0 Å². The summed E-state index contributed by atoms with van der Waals surface area (Å²) in [5.74, 6) is -0.838. The highest BCUT2D eigenvalue weighted by Gasteiger charge is 2.26. The highest BCUT2D eigenvalue weighted by molar-refractivity contribution is 5.98. The van der Waals surface area contributed by atoms with Crippen LogP contribution in [0.4, 0.5) is 4.39 Å². The summed E-state index contributed by atoms with van der Waals surface area (Å²) in [4.78, 5) is 32.5. The maximum atomic E-state index is 14.1. The Balaban J connectivity index is 0.00000272. The van der Waals surface area contributed by atoms with E-state index in [0.29, 0.717) is 11.2 Å². The van der Waals surface area contributed by atoms with Gasteiger partial charge in [-0.15, -0.1) is 12.4 Å². The average Bonchev–Trinajstić information content (AvgIpc) is 3.05. The Hall–Kier alpha value is -2.67. The van der Waals surface area contributed by atoms with Gasteiger partial charge in [0, 0.05) is 25.3 Å². The van der Waals surface area contributed by atoms with Crippen molar-refractivity contribution in [3.8, 4) is 5.69 Å². The fraction of sp³-hybridized carbons (Fsp3) is 0.435. The lowest BCUT2D eigenvalue weighted by Gasteiger charge is -2.23. The van der Waals surface area contributed by atoms with Gasteiger partial charge in [-0.2, -0.15) is 0 Å². The molecule has 0 saturated heterocycles. The molecule has 31 heavy (non-hydrogen) atoms. The maximum absolute atomic E-state index is 14.1. The van der Waals surface area contributed by atoms with Gasteiger partial charge in [0.15, 0.2) is 0 Å². The number of hydrogen-bond acceptors (Lipinski definition) is 3. The molecule has 2 aromatic heterocycles. The van der Waals surface area contributed by atoms with E-state index in [9.17, 15) is 14.0 Å². The number of pyridine rings is 1. The molecule has 0 atom stereocenters. The Morgan fingerprint density at radius 3 is 2.55 bits per heavy atom. The lowest BCUT2D eigenvalue weighted by molar-refractivity contribution is 0.0754. The predicted octanol–water partition coefficient (Wildman–Crippen LogP) is 4.73. The van der Waals surface area contributed by atoms with E-state index in [1.54, 1.807) is 24.3 Å². The van der Waals surface area contributed by atoms with E-state index in [-0.39, 0.29) is 41.7 Å². The van der Waals surface area contributed by atoms with Gasteiger partial charge in [-0.25, -0.2) is 9.18 Å². The zero-order chi connectivity index (χ0) is 21.4. The molecule has 0 aliphatic heterocycles. The quantitative estimate of drug-likeness (QED) is 0.581. The topological polar surface area (TPSA) is 60.1 Å². The molecule has 2 heterocycles. The van der Waals surface area contributed by atoms with Gasteiger partial charge in [-0.3, -0.25) is 18.9 Å². The second-order valence-corrected chi connectivity index (χ2v) is 8.32. The molecule has 1 fully saturated rings. The summed E-state index contributed by atoms with van der Waals surface area (Å²) in [5, 5.41) is 0. The van der Waals surface area contributed by atoms with Crippen molar-refractivity contribution < 1.29 is 9.18 Å². The number of fused-ring (bicyclic) bond motifs is 1. The molecule has 0 N–H and O–H groups in total. The second-order valence-electron chi connectivity index (χ2n) is 8.32. The van der Waals surface area contributed by atoms with E-state index < -0.39 is 5.82 Å². The van der Waals surface area contributed by atoms with Crippen molar-refractivity contribution in [3.63, 3.8) is 0 Å². The predicted molar refractivity (Wildman–Crippen MR) is 122 cm³/mol. The van der Waals surface area contributed by atoms with Crippen LogP contribution in [0.1, 0.15) is 62.4 Å². The van der Waals surface area contributed by atoms with Crippen LogP contribution in [0.3, 0.4) is 0 Å². The minimum Gasteiger partial charge on any atom is -0.339 e. The molecule has 1 saturated carbocycles. The van der Waals surface area contributed by atoms with Gasteiger partial charge in [0.2, 0.25) is 0 Å². The van der Waals surface area contributed by atoms with Crippen molar-refractivity contribution in [1.82, 2.24) is 19.0 Å². The van der Waals surface area contributed by atoms with E-state index in [1.165, 1.54) is 29.2 Å². The van der Waals surface area contributed by atoms with Crippen LogP contribution < -0.4 is 5.69 Å². The van der Waals surface area contributed by atoms with Crippen LogP contribution in [-0.4, -0.2) is 38.0 Å². The third kappa shape index (κ3) is 4.11. The van der Waals surface area contributed by atoms with Crippen LogP contribution >= 0.6 is 12.4 Å². The van der Waals surface area contributed by atoms with Gasteiger partial charge in [-0.05, 0) is 51.0 Å². The monoisotopic (exact) mass is 446 g/mol. The van der Waals surface area contributed by atoms with Gasteiger partial charge >= 0.3 is 5.69 Å². The Morgan fingerprint density at radius 1 is 1.16 bits per heavy atom. The summed E-state index contributed by atoms with van der Waals surface area (Å²) in [6.45, 7) is 3.78. The van der Waals surface area contributed by atoms with E-state index >= 15 is 0 Å². The van der Waals surface area contributed by atoms with Crippen molar-refractivity contribution in [2.45, 2.75) is 58.0 Å². The van der Waals surface area contributed by atoms with E-state index in [1.807, 2.05) is 24.5 Å². The van der Waals surface area contributed by atoms with E-state index in [0.717, 1.165) is 31.2 Å². The summed E-state index contributed by atoms with van der Waals surface area (Å²) < 4.78 is 17.5. The zero-order valence-electron chi connectivity index (χ0n) is 18.0. The minimum atomic E-state index is -0.513. The Bertz CT molecular complexity index is 1150. The molecule has 166 valence electrons. The molecule has 1 amide bonds. The molecule has 0 unspecified atom stereocenters. The first-order valence-corrected chi connectivity index (χ1v) is 10.5. The fourth-order valence-corrected chi connectivity index (χ4v) is 4.29. The van der Waals surface area contributed by atoms with Crippen LogP contribution in [0.2, 0.25) is 0 Å². The zero-order valence-corrected chi connectivity index (χ0v) is 18.9. The largest absolute Gasteiger partial charge is 0.339 e. The number of benzene rings is 1. The molecule has 1 aromatic carbocycles. The van der Waals surface area contributed by atoms with Crippen molar-refractivity contribution >= 4 is 29.3 Å². The molecule has 0 radical (unpaired) electrons. The molecular weight excluding hydrogens is 419 g/mol. The summed E-state index contributed by atoms with van der Waals surface area (Å²) in [7, 11) is 1.68. The number of rotatable bonds is 4. The molecule has 4 rings (SSSR count). The second kappa shape index (κ2) is 9.22. The highest BCUT2D eigenvalue weighted by atomic mass is 35.5. The van der Waals surface area contributed by atoms with Crippen LogP contribution in [0.5, 0.6) is 0 Å². The molecule has 0 spiro atoms. The fourth-order valence-electron chi connectivity index (χ4n) is 4.29. The lowest BCUT2D eigenvalue weighted by atomic mass is 9.95. The number of carbonyl (C=O) groups excluding carboxylic acids is 1. The lowest BCUT2D eigenvalue weighted by Crippen LogP contribution is -2.34. The molecule has 1 aliphatic carbocycles. The molecule has 6 nitrogen and oxygen atoms in total. The smallest absolute Gasteiger partial charge is 0.334 e. The van der Waals surface area contributed by atoms with Crippen molar-refractivity contribution in [2.75, 3.05) is 7.05 Å². The number of carbonyl (C=O) groups is 1. The molecular formula is C23H28ClFN4O2. The summed E-state index contributed by atoms with van der Waals surface area (Å²) >= 11 is 0. The van der Waals surface area contributed by atoms with Crippen LogP contribution in [0.15, 0.2) is 41.5 Å². The number of amides is 1. The maximum Gasteiger partial charge on any atom is 0.334 e. The van der Waals surface area contributed by atoms with Gasteiger partial charge in [-0.1, -0.05) is 19.3 Å². The number of hydrogen-bond donors (Lipinski definition) is 0. The van der Waals surface area contributed by atoms with Gasteiger partial charge < -0.3 is 4.90 Å². The summed E-state index contributed by atoms with van der Waals surface area (Å²) in [6, 6.07) is 5.91. The van der Waals surface area contributed by atoms with Crippen LogP contribution in [-0.2, 0) is 0 Å². The SMILES string of the molecule is CC(C)N(C)C(=O)c1cc(F)ccc1-n1c(=O)n(C2CCCCC2)c2ccncc21.Cl. The molecule has 1 aliphatic rings. The summed E-state index contributed by atoms with van der Waals surface area (Å²) in [6.07, 6.45) is 8.58. The van der Waals surface area contributed by atoms with Gasteiger partial charge in [0.25, 0.3) is 5.91 Å². The number of aromatic nitrogens is 3. The van der Waals surface area contributed by atoms with Gasteiger partial charge in [0.1, 0.15) is 5.82 Å². The standard InChI is InChI=1S/C23H27FN4O2.ClH/c1-15(2)26(3)22(29)18-13-16(24)9-10-19(18)28-21-14-25-12-11-20(21)27(23(28)30)17-7-5-4-6-8-17;/h9-15,17H,4-8H2,1-3H3;1H. The van der Waals surface area contributed by atoms with Crippen molar-refractivity contribution in [2.24, 2.45) is 0 Å². The van der Waals surface area contributed by atoms with Crippen molar-refractivity contribution in [1.29, 1.82) is 0 Å². The number of nitrogens with zero attached hydrogens (tertiary/aromatic N) is 4.